The molecular weight excluding hydrogens is 322 g/mol. The Morgan fingerprint density at radius 2 is 2.00 bits per heavy atom. The maximum Gasteiger partial charge on any atom is 0.289 e. The first-order chi connectivity index (χ1) is 12.0. The van der Waals surface area contributed by atoms with Crippen LogP contribution in [0.15, 0.2) is 22.8 Å². The Hall–Kier alpha value is -2.31. The summed E-state index contributed by atoms with van der Waals surface area (Å²) in [6.07, 6.45) is 3.21. The van der Waals surface area contributed by atoms with E-state index in [-0.39, 0.29) is 35.7 Å². The van der Waals surface area contributed by atoms with Crippen molar-refractivity contribution in [2.24, 2.45) is 5.92 Å². The second-order valence-electron chi connectivity index (χ2n) is 7.09. The second-order valence-corrected chi connectivity index (χ2v) is 7.09. The van der Waals surface area contributed by atoms with Crippen LogP contribution in [0.2, 0.25) is 0 Å². The van der Waals surface area contributed by atoms with E-state index in [2.05, 4.69) is 5.32 Å². The predicted molar refractivity (Wildman–Crippen MR) is 90.7 cm³/mol. The number of nitrogens with one attached hydrogen (secondary N) is 1. The molecule has 0 saturated carbocycles. The summed E-state index contributed by atoms with van der Waals surface area (Å²) in [6, 6.07) is 3.54. The zero-order chi connectivity index (χ0) is 18.0. The number of carbonyl (C=O) groups excluding carboxylic acids is 3. The maximum absolute atomic E-state index is 12.4. The molecule has 1 aromatic rings. The summed E-state index contributed by atoms with van der Waals surface area (Å²) < 4.78 is 5.15. The summed E-state index contributed by atoms with van der Waals surface area (Å²) in [7, 11) is 0. The van der Waals surface area contributed by atoms with E-state index < -0.39 is 0 Å². The molecule has 3 amide bonds. The first-order valence-corrected chi connectivity index (χ1v) is 8.88. The summed E-state index contributed by atoms with van der Waals surface area (Å²) in [4.78, 5) is 40.1. The van der Waals surface area contributed by atoms with Gasteiger partial charge in [0.05, 0.1) is 12.2 Å². The zero-order valence-corrected chi connectivity index (χ0v) is 14.7. The normalized spacial score (nSPS) is 21.9. The number of nitrogens with zero attached hydrogens (tertiary/aromatic N) is 2. The van der Waals surface area contributed by atoms with Crippen LogP contribution in [0.5, 0.6) is 0 Å². The highest BCUT2D eigenvalue weighted by atomic mass is 16.3. The number of amides is 3. The van der Waals surface area contributed by atoms with E-state index in [0.29, 0.717) is 44.7 Å². The van der Waals surface area contributed by atoms with Gasteiger partial charge in [-0.15, -0.1) is 0 Å². The van der Waals surface area contributed by atoms with Crippen LogP contribution < -0.4 is 5.32 Å². The average Bonchev–Trinajstić information content (AvgIpc) is 3.24. The molecule has 1 N–H and O–H groups in total. The number of furan rings is 1. The van der Waals surface area contributed by atoms with Crippen LogP contribution in [-0.4, -0.2) is 59.2 Å². The van der Waals surface area contributed by atoms with Gasteiger partial charge in [0.15, 0.2) is 5.76 Å². The fraction of sp³-hybridized carbons (Fsp3) is 0.611. The van der Waals surface area contributed by atoms with Crippen molar-refractivity contribution in [3.05, 3.63) is 24.2 Å². The molecule has 7 nitrogen and oxygen atoms in total. The quantitative estimate of drug-likeness (QED) is 0.889. The van der Waals surface area contributed by atoms with Gasteiger partial charge >= 0.3 is 0 Å². The largest absolute Gasteiger partial charge is 0.459 e. The number of hydrogen-bond donors (Lipinski definition) is 1. The molecule has 136 valence electrons. The molecule has 1 aromatic heterocycles. The van der Waals surface area contributed by atoms with E-state index in [4.69, 9.17) is 4.42 Å². The molecule has 0 aliphatic carbocycles. The third-order valence-corrected chi connectivity index (χ3v) is 5.01. The van der Waals surface area contributed by atoms with Gasteiger partial charge in [-0.3, -0.25) is 14.4 Å². The smallest absolute Gasteiger partial charge is 0.289 e. The van der Waals surface area contributed by atoms with E-state index in [1.54, 1.807) is 21.9 Å². The van der Waals surface area contributed by atoms with Crippen molar-refractivity contribution in [2.45, 2.75) is 45.2 Å². The molecule has 1 unspecified atom stereocenters. The molecule has 25 heavy (non-hydrogen) atoms. The highest BCUT2D eigenvalue weighted by molar-refractivity contribution is 5.91. The first kappa shape index (κ1) is 17.5. The van der Waals surface area contributed by atoms with Crippen LogP contribution in [0.4, 0.5) is 0 Å². The molecular formula is C18H25N3O4. The van der Waals surface area contributed by atoms with Crippen LogP contribution in [0.3, 0.4) is 0 Å². The molecule has 2 aliphatic heterocycles. The van der Waals surface area contributed by atoms with Crippen molar-refractivity contribution in [1.82, 2.24) is 15.1 Å². The lowest BCUT2D eigenvalue weighted by molar-refractivity contribution is -0.130. The minimum Gasteiger partial charge on any atom is -0.459 e. The Labute approximate surface area is 147 Å². The molecule has 1 atom stereocenters. The van der Waals surface area contributed by atoms with Crippen LogP contribution in [-0.2, 0) is 9.59 Å². The molecule has 2 aliphatic rings. The Kier molecular flexibility index (Phi) is 5.11. The summed E-state index contributed by atoms with van der Waals surface area (Å²) in [5, 5.41) is 3.06. The maximum atomic E-state index is 12.4. The number of carbonyl (C=O) groups is 3. The molecule has 3 heterocycles. The Balaban J connectivity index is 1.47. The number of piperidine rings is 1. The highest BCUT2D eigenvalue weighted by Crippen LogP contribution is 2.21. The van der Waals surface area contributed by atoms with Crippen LogP contribution >= 0.6 is 0 Å². The standard InChI is InChI=1S/C18H25N3O4/c1-12(2)21-11-13(10-16(21)22)17(23)19-14-5-7-20(8-6-14)18(24)15-4-3-9-25-15/h3-4,9,12-14H,5-8,10-11H2,1-2H3,(H,19,23). The van der Waals surface area contributed by atoms with Gasteiger partial charge in [-0.1, -0.05) is 0 Å². The minimum atomic E-state index is -0.266. The van der Waals surface area contributed by atoms with Gasteiger partial charge in [-0.25, -0.2) is 0 Å². The van der Waals surface area contributed by atoms with Gasteiger partial charge in [0.1, 0.15) is 0 Å². The van der Waals surface area contributed by atoms with Crippen LogP contribution in [0.1, 0.15) is 43.7 Å². The average molecular weight is 347 g/mol. The van der Waals surface area contributed by atoms with Crippen molar-refractivity contribution in [3.8, 4) is 0 Å². The fourth-order valence-electron chi connectivity index (χ4n) is 3.51. The lowest BCUT2D eigenvalue weighted by Gasteiger charge is -2.32. The van der Waals surface area contributed by atoms with Gasteiger partial charge in [-0.05, 0) is 38.8 Å². The van der Waals surface area contributed by atoms with E-state index in [9.17, 15) is 14.4 Å². The van der Waals surface area contributed by atoms with Crippen LogP contribution in [0, 0.1) is 5.92 Å². The lowest BCUT2D eigenvalue weighted by atomic mass is 10.0. The topological polar surface area (TPSA) is 82.9 Å². The number of rotatable bonds is 4. The molecule has 2 fully saturated rings. The van der Waals surface area contributed by atoms with Crippen molar-refractivity contribution in [1.29, 1.82) is 0 Å². The first-order valence-electron chi connectivity index (χ1n) is 8.88. The second kappa shape index (κ2) is 7.29. The van der Waals surface area contributed by atoms with E-state index >= 15 is 0 Å². The Morgan fingerprint density at radius 3 is 2.56 bits per heavy atom. The summed E-state index contributed by atoms with van der Waals surface area (Å²) in [5.41, 5.74) is 0. The Morgan fingerprint density at radius 1 is 1.28 bits per heavy atom. The highest BCUT2D eigenvalue weighted by Gasteiger charge is 2.36. The lowest BCUT2D eigenvalue weighted by Crippen LogP contribution is -2.48. The van der Waals surface area contributed by atoms with Crippen molar-refractivity contribution < 1.29 is 18.8 Å². The molecule has 0 bridgehead atoms. The van der Waals surface area contributed by atoms with Gasteiger partial charge in [0, 0.05) is 38.1 Å². The molecule has 3 rings (SSSR count). The third-order valence-electron chi connectivity index (χ3n) is 5.01. The summed E-state index contributed by atoms with van der Waals surface area (Å²) >= 11 is 0. The molecule has 0 aromatic carbocycles. The van der Waals surface area contributed by atoms with Crippen LogP contribution in [0.25, 0.3) is 0 Å². The SMILES string of the molecule is CC(C)N1CC(C(=O)NC2CCN(C(=O)c3ccco3)CC2)CC1=O. The monoisotopic (exact) mass is 347 g/mol. The summed E-state index contributed by atoms with van der Waals surface area (Å²) in [5.74, 6) is -0.0246. The fourth-order valence-corrected chi connectivity index (χ4v) is 3.51. The van der Waals surface area contributed by atoms with Crippen molar-refractivity contribution in [3.63, 3.8) is 0 Å². The van der Waals surface area contributed by atoms with Crippen molar-refractivity contribution >= 4 is 17.7 Å². The molecule has 7 heteroatoms. The van der Waals surface area contributed by atoms with Gasteiger partial charge < -0.3 is 19.5 Å². The zero-order valence-electron chi connectivity index (χ0n) is 14.7. The molecule has 0 spiro atoms. The van der Waals surface area contributed by atoms with E-state index in [1.165, 1.54) is 6.26 Å². The van der Waals surface area contributed by atoms with E-state index in [1.807, 2.05) is 13.8 Å². The number of likely N-dealkylation sites (tertiary alicyclic amines) is 2. The van der Waals surface area contributed by atoms with Gasteiger partial charge in [-0.2, -0.15) is 0 Å². The summed E-state index contributed by atoms with van der Waals surface area (Å²) in [6.45, 7) is 5.60. The molecule has 2 saturated heterocycles. The third kappa shape index (κ3) is 3.86. The predicted octanol–water partition coefficient (Wildman–Crippen LogP) is 1.26. The minimum absolute atomic E-state index is 0.0488. The van der Waals surface area contributed by atoms with Crippen molar-refractivity contribution in [2.75, 3.05) is 19.6 Å². The number of hydrogen-bond acceptors (Lipinski definition) is 4. The Bertz CT molecular complexity index is 633. The van der Waals surface area contributed by atoms with Gasteiger partial charge in [0.25, 0.3) is 5.91 Å². The van der Waals surface area contributed by atoms with Gasteiger partial charge in [0.2, 0.25) is 11.8 Å². The molecule has 0 radical (unpaired) electrons. The van der Waals surface area contributed by atoms with E-state index in [0.717, 1.165) is 0 Å².